The van der Waals surface area contributed by atoms with Gasteiger partial charge in [-0.25, -0.2) is 0 Å². The predicted molar refractivity (Wildman–Crippen MR) is 151 cm³/mol. The zero-order chi connectivity index (χ0) is 24.7. The van der Waals surface area contributed by atoms with Crippen molar-refractivity contribution in [3.63, 3.8) is 0 Å². The number of benzene rings is 4. The summed E-state index contributed by atoms with van der Waals surface area (Å²) in [6, 6.07) is 28.1. The molecule has 0 amide bonds. The minimum atomic E-state index is 0.152. The van der Waals surface area contributed by atoms with Crippen LogP contribution in [0, 0.1) is 6.92 Å². The van der Waals surface area contributed by atoms with Crippen LogP contribution in [-0.4, -0.2) is 26.4 Å². The Bertz CT molecular complexity index is 1650. The standard InChI is InChI=1S/C31H30N4O/c1-19-28(34-20(2)32(4)24-13-7-9-15-26(24)34)18-23-22-12-6-11-17-29(22)36-31(23)30(19)35-21(3)33(5)25-14-8-10-16-27(25)35/h6-18,20-21H,1-5H3/t20-,21+/m1/s1. The van der Waals surface area contributed by atoms with Crippen LogP contribution in [0.4, 0.5) is 34.1 Å². The number of furan rings is 1. The second-order valence-electron chi connectivity index (χ2n) is 10.0. The van der Waals surface area contributed by atoms with Crippen molar-refractivity contribution in [2.75, 3.05) is 33.7 Å². The predicted octanol–water partition coefficient (Wildman–Crippen LogP) is 7.76. The highest BCUT2D eigenvalue weighted by atomic mass is 16.3. The molecular formula is C31H30N4O. The van der Waals surface area contributed by atoms with Crippen molar-refractivity contribution >= 4 is 56.1 Å². The molecule has 0 spiro atoms. The number of hydrogen-bond acceptors (Lipinski definition) is 5. The van der Waals surface area contributed by atoms with Gasteiger partial charge in [-0.05, 0) is 57.2 Å². The van der Waals surface area contributed by atoms with Crippen molar-refractivity contribution in [3.05, 3.63) is 84.4 Å². The van der Waals surface area contributed by atoms with Gasteiger partial charge < -0.3 is 24.0 Å². The molecule has 36 heavy (non-hydrogen) atoms. The van der Waals surface area contributed by atoms with Crippen molar-refractivity contribution < 1.29 is 4.42 Å². The van der Waals surface area contributed by atoms with Crippen molar-refractivity contribution in [2.24, 2.45) is 0 Å². The van der Waals surface area contributed by atoms with Gasteiger partial charge in [0.15, 0.2) is 5.58 Å². The van der Waals surface area contributed by atoms with E-state index in [1.807, 2.05) is 6.07 Å². The summed E-state index contributed by atoms with van der Waals surface area (Å²) in [6.07, 6.45) is 0.342. The lowest BCUT2D eigenvalue weighted by atomic mass is 10.0. The van der Waals surface area contributed by atoms with E-state index in [4.69, 9.17) is 4.42 Å². The molecular weight excluding hydrogens is 444 g/mol. The summed E-state index contributed by atoms with van der Waals surface area (Å²) >= 11 is 0. The average Bonchev–Trinajstić information content (AvgIpc) is 3.48. The van der Waals surface area contributed by atoms with E-state index in [0.29, 0.717) is 0 Å². The summed E-state index contributed by atoms with van der Waals surface area (Å²) in [5, 5.41) is 2.30. The molecule has 0 radical (unpaired) electrons. The average molecular weight is 475 g/mol. The molecule has 3 heterocycles. The van der Waals surface area contributed by atoms with Crippen molar-refractivity contribution in [1.82, 2.24) is 0 Å². The Morgan fingerprint density at radius 1 is 0.611 bits per heavy atom. The molecule has 2 atom stereocenters. The Labute approximate surface area is 211 Å². The van der Waals surface area contributed by atoms with Crippen LogP contribution in [0.2, 0.25) is 0 Å². The number of rotatable bonds is 2. The summed E-state index contributed by atoms with van der Waals surface area (Å²) in [6.45, 7) is 6.79. The molecule has 1 aromatic heterocycles. The van der Waals surface area contributed by atoms with E-state index >= 15 is 0 Å². The smallest absolute Gasteiger partial charge is 0.159 e. The maximum Gasteiger partial charge on any atom is 0.159 e. The Hall–Kier alpha value is -4.12. The van der Waals surface area contributed by atoms with E-state index in [9.17, 15) is 0 Å². The Balaban J connectivity index is 1.57. The molecule has 0 bridgehead atoms. The third kappa shape index (κ3) is 2.66. The van der Waals surface area contributed by atoms with Gasteiger partial charge in [0.2, 0.25) is 0 Å². The number of anilines is 6. The lowest BCUT2D eigenvalue weighted by Gasteiger charge is -2.33. The van der Waals surface area contributed by atoms with Crippen LogP contribution in [-0.2, 0) is 0 Å². The monoisotopic (exact) mass is 474 g/mol. The Morgan fingerprint density at radius 3 is 1.81 bits per heavy atom. The highest BCUT2D eigenvalue weighted by molar-refractivity contribution is 6.13. The fourth-order valence-electron chi connectivity index (χ4n) is 6.18. The molecule has 5 heteroatoms. The minimum Gasteiger partial charge on any atom is -0.454 e. The molecule has 5 nitrogen and oxygen atoms in total. The van der Waals surface area contributed by atoms with Gasteiger partial charge in [-0.2, -0.15) is 0 Å². The Kier molecular flexibility index (Phi) is 4.38. The first-order valence-corrected chi connectivity index (χ1v) is 12.6. The van der Waals surface area contributed by atoms with Crippen LogP contribution in [0.25, 0.3) is 21.9 Å². The van der Waals surface area contributed by atoms with Gasteiger partial charge in [0.05, 0.1) is 28.4 Å². The van der Waals surface area contributed by atoms with Crippen molar-refractivity contribution in [1.29, 1.82) is 0 Å². The van der Waals surface area contributed by atoms with Crippen LogP contribution >= 0.6 is 0 Å². The highest BCUT2D eigenvalue weighted by Crippen LogP contribution is 2.52. The molecule has 7 rings (SSSR count). The molecule has 0 saturated heterocycles. The molecule has 2 aliphatic rings. The fourth-order valence-corrected chi connectivity index (χ4v) is 6.18. The van der Waals surface area contributed by atoms with Gasteiger partial charge in [0.1, 0.15) is 17.9 Å². The van der Waals surface area contributed by atoms with E-state index in [1.165, 1.54) is 34.0 Å². The van der Waals surface area contributed by atoms with Crippen LogP contribution in [0.3, 0.4) is 0 Å². The summed E-state index contributed by atoms with van der Waals surface area (Å²) in [5.41, 5.74) is 10.4. The second kappa shape index (κ2) is 7.44. The number of hydrogen-bond donors (Lipinski definition) is 0. The van der Waals surface area contributed by atoms with E-state index in [1.54, 1.807) is 0 Å². The lowest BCUT2D eigenvalue weighted by Crippen LogP contribution is -2.37. The van der Waals surface area contributed by atoms with Gasteiger partial charge >= 0.3 is 0 Å². The molecule has 0 N–H and O–H groups in total. The number of para-hydroxylation sites is 5. The zero-order valence-electron chi connectivity index (χ0n) is 21.4. The van der Waals surface area contributed by atoms with Crippen molar-refractivity contribution in [3.8, 4) is 0 Å². The summed E-state index contributed by atoms with van der Waals surface area (Å²) < 4.78 is 6.62. The molecule has 4 aromatic carbocycles. The summed E-state index contributed by atoms with van der Waals surface area (Å²) in [5.74, 6) is 0. The van der Waals surface area contributed by atoms with Crippen molar-refractivity contribution in [2.45, 2.75) is 33.1 Å². The summed E-state index contributed by atoms with van der Waals surface area (Å²) in [4.78, 5) is 9.63. The quantitative estimate of drug-likeness (QED) is 0.260. The van der Waals surface area contributed by atoms with Crippen LogP contribution < -0.4 is 19.6 Å². The topological polar surface area (TPSA) is 26.1 Å². The maximum atomic E-state index is 6.62. The van der Waals surface area contributed by atoms with Gasteiger partial charge in [-0.3, -0.25) is 0 Å². The van der Waals surface area contributed by atoms with E-state index in [2.05, 4.69) is 127 Å². The third-order valence-electron chi connectivity index (χ3n) is 8.28. The molecule has 5 aromatic rings. The number of fused-ring (bicyclic) bond motifs is 5. The molecule has 2 aliphatic heterocycles. The maximum absolute atomic E-state index is 6.62. The van der Waals surface area contributed by atoms with E-state index in [0.717, 1.165) is 27.6 Å². The molecule has 0 fully saturated rings. The largest absolute Gasteiger partial charge is 0.454 e. The van der Waals surface area contributed by atoms with Gasteiger partial charge in [-0.15, -0.1) is 0 Å². The highest BCUT2D eigenvalue weighted by Gasteiger charge is 2.38. The SMILES string of the molecule is Cc1c(N2c3ccccc3N(C)[C@H]2C)cc2c(oc3ccccc32)c1N1c2ccccc2N(C)[C@@H]1C. The fraction of sp³-hybridized carbons (Fsp3) is 0.226. The number of nitrogens with zero attached hydrogens (tertiary/aromatic N) is 4. The first-order chi connectivity index (χ1) is 17.5. The molecule has 0 unspecified atom stereocenters. The lowest BCUT2D eigenvalue weighted by molar-refractivity contribution is 0.661. The third-order valence-corrected chi connectivity index (χ3v) is 8.28. The van der Waals surface area contributed by atoms with Gasteiger partial charge in [-0.1, -0.05) is 42.5 Å². The molecule has 0 saturated carbocycles. The van der Waals surface area contributed by atoms with Gasteiger partial charge in [0, 0.05) is 36.1 Å². The van der Waals surface area contributed by atoms with E-state index < -0.39 is 0 Å². The molecule has 180 valence electrons. The first-order valence-electron chi connectivity index (χ1n) is 12.6. The van der Waals surface area contributed by atoms with Gasteiger partial charge in [0.25, 0.3) is 0 Å². The zero-order valence-corrected chi connectivity index (χ0v) is 21.4. The normalized spacial score (nSPS) is 19.0. The van der Waals surface area contributed by atoms with Crippen LogP contribution in [0.1, 0.15) is 19.4 Å². The van der Waals surface area contributed by atoms with Crippen LogP contribution in [0.5, 0.6) is 0 Å². The first kappa shape index (κ1) is 21.2. The second-order valence-corrected chi connectivity index (χ2v) is 10.0. The Morgan fingerprint density at radius 2 is 1.14 bits per heavy atom. The molecule has 0 aliphatic carbocycles. The van der Waals surface area contributed by atoms with Crippen LogP contribution in [0.15, 0.2) is 83.3 Å². The minimum absolute atomic E-state index is 0.152. The summed E-state index contributed by atoms with van der Waals surface area (Å²) in [7, 11) is 4.35. The van der Waals surface area contributed by atoms with E-state index in [-0.39, 0.29) is 12.3 Å².